The average molecular weight is 461 g/mol. The molecule has 1 amide bonds. The third kappa shape index (κ3) is 3.62. The van der Waals surface area contributed by atoms with Crippen molar-refractivity contribution < 1.29 is 26.7 Å². The Labute approximate surface area is 183 Å². The molecule has 1 fully saturated rings. The first-order valence-corrected chi connectivity index (χ1v) is 9.93. The molecular formula is C22H16F5N5O. The van der Waals surface area contributed by atoms with Crippen LogP contribution in [0.2, 0.25) is 0 Å². The van der Waals surface area contributed by atoms with E-state index in [1.54, 1.807) is 19.3 Å². The number of aromatic nitrogens is 4. The van der Waals surface area contributed by atoms with E-state index < -0.39 is 47.7 Å². The van der Waals surface area contributed by atoms with Gasteiger partial charge in [0.2, 0.25) is 5.91 Å². The number of aromatic amines is 1. The molecule has 5 rings (SSSR count). The highest BCUT2D eigenvalue weighted by Crippen LogP contribution is 2.49. The Balaban J connectivity index is 1.60. The fraction of sp³-hybridized carbons (Fsp3) is 0.227. The standard InChI is InChI=1S/C22H16F5N5O/c1-31-9-12(8-30-31)11-4-15(23)19(16(24)5-11)20-14(7-22(25,26)27)21(33)32(20)13-2-3-17-18(6-13)29-10-28-17/h2-6,8-10,14,20H,7H2,1H3,(H,28,29)/t14-,20-/m1/s1. The summed E-state index contributed by atoms with van der Waals surface area (Å²) < 4.78 is 71.4. The van der Waals surface area contributed by atoms with Gasteiger partial charge >= 0.3 is 6.18 Å². The molecule has 0 spiro atoms. The summed E-state index contributed by atoms with van der Waals surface area (Å²) in [5.74, 6) is -4.58. The smallest absolute Gasteiger partial charge is 0.345 e. The first-order chi connectivity index (χ1) is 15.6. The van der Waals surface area contributed by atoms with E-state index in [1.807, 2.05) is 0 Å². The number of amides is 1. The van der Waals surface area contributed by atoms with Crippen LogP contribution in [0.4, 0.5) is 27.6 Å². The molecule has 170 valence electrons. The number of alkyl halides is 3. The van der Waals surface area contributed by atoms with E-state index in [2.05, 4.69) is 15.1 Å². The molecule has 33 heavy (non-hydrogen) atoms. The Morgan fingerprint density at radius 3 is 2.45 bits per heavy atom. The lowest BCUT2D eigenvalue weighted by atomic mass is 9.78. The number of carbonyl (C=O) groups excluding carboxylic acids is 1. The van der Waals surface area contributed by atoms with Crippen LogP contribution in [0, 0.1) is 17.6 Å². The molecule has 1 aliphatic rings. The number of fused-ring (bicyclic) bond motifs is 1. The maximum absolute atomic E-state index is 15.2. The maximum atomic E-state index is 15.2. The van der Waals surface area contributed by atoms with E-state index in [9.17, 15) is 18.0 Å². The van der Waals surface area contributed by atoms with Gasteiger partial charge in [-0.3, -0.25) is 9.48 Å². The minimum atomic E-state index is -4.68. The molecule has 11 heteroatoms. The van der Waals surface area contributed by atoms with Crippen LogP contribution < -0.4 is 4.90 Å². The van der Waals surface area contributed by atoms with Gasteiger partial charge in [0.25, 0.3) is 0 Å². The largest absolute Gasteiger partial charge is 0.389 e. The van der Waals surface area contributed by atoms with Gasteiger partial charge in [-0.25, -0.2) is 13.8 Å². The summed E-state index contributed by atoms with van der Waals surface area (Å²) in [6.45, 7) is 0. The molecule has 2 atom stereocenters. The fourth-order valence-corrected chi connectivity index (χ4v) is 4.29. The van der Waals surface area contributed by atoms with Gasteiger partial charge in [0.05, 0.1) is 41.9 Å². The summed E-state index contributed by atoms with van der Waals surface area (Å²) in [6, 6.07) is 5.20. The summed E-state index contributed by atoms with van der Waals surface area (Å²) in [4.78, 5) is 20.7. The maximum Gasteiger partial charge on any atom is 0.389 e. The lowest BCUT2D eigenvalue weighted by Gasteiger charge is -2.47. The predicted molar refractivity (Wildman–Crippen MR) is 109 cm³/mol. The summed E-state index contributed by atoms with van der Waals surface area (Å²) in [5.41, 5.74) is 1.36. The van der Waals surface area contributed by atoms with Crippen LogP contribution in [-0.2, 0) is 11.8 Å². The van der Waals surface area contributed by atoms with E-state index in [4.69, 9.17) is 0 Å². The van der Waals surface area contributed by atoms with Gasteiger partial charge in [-0.15, -0.1) is 0 Å². The lowest BCUT2D eigenvalue weighted by molar-refractivity contribution is -0.162. The van der Waals surface area contributed by atoms with E-state index in [1.165, 1.54) is 29.3 Å². The van der Waals surface area contributed by atoms with Crippen LogP contribution in [0.15, 0.2) is 49.1 Å². The molecule has 1 N–H and O–H groups in total. The lowest BCUT2D eigenvalue weighted by Crippen LogP contribution is -2.57. The van der Waals surface area contributed by atoms with Crippen molar-refractivity contribution in [1.82, 2.24) is 19.7 Å². The van der Waals surface area contributed by atoms with Crippen molar-refractivity contribution in [3.63, 3.8) is 0 Å². The number of H-pyrrole nitrogens is 1. The molecule has 3 heterocycles. The minimum absolute atomic E-state index is 0.185. The summed E-state index contributed by atoms with van der Waals surface area (Å²) >= 11 is 0. The molecule has 0 radical (unpaired) electrons. The number of carbonyl (C=O) groups is 1. The van der Waals surface area contributed by atoms with Crippen LogP contribution in [0.25, 0.3) is 22.2 Å². The Bertz CT molecular complexity index is 1350. The summed E-state index contributed by atoms with van der Waals surface area (Å²) in [7, 11) is 1.64. The zero-order valence-electron chi connectivity index (χ0n) is 17.1. The Hall–Kier alpha value is -3.76. The third-order valence-electron chi connectivity index (χ3n) is 5.76. The molecule has 0 unspecified atom stereocenters. The number of hydrogen-bond acceptors (Lipinski definition) is 3. The van der Waals surface area contributed by atoms with Crippen molar-refractivity contribution >= 4 is 22.6 Å². The van der Waals surface area contributed by atoms with Gasteiger partial charge in [0, 0.05) is 30.1 Å². The van der Waals surface area contributed by atoms with Crippen LogP contribution in [0.1, 0.15) is 18.0 Å². The van der Waals surface area contributed by atoms with E-state index in [0.717, 1.165) is 17.0 Å². The highest BCUT2D eigenvalue weighted by Gasteiger charge is 2.54. The van der Waals surface area contributed by atoms with E-state index in [0.29, 0.717) is 16.6 Å². The van der Waals surface area contributed by atoms with Crippen molar-refractivity contribution in [2.45, 2.75) is 18.6 Å². The number of imidazole rings is 1. The van der Waals surface area contributed by atoms with Crippen LogP contribution in [-0.4, -0.2) is 31.8 Å². The monoisotopic (exact) mass is 461 g/mol. The number of benzene rings is 2. The average Bonchev–Trinajstić information content (AvgIpc) is 3.38. The molecule has 4 aromatic rings. The SMILES string of the molecule is Cn1cc(-c2cc(F)c([C@H]3[C@@H](CC(F)(F)F)C(=O)N3c3ccc4[nH]cnc4c3)c(F)c2)cn1. The van der Waals surface area contributed by atoms with Gasteiger partial charge in [0.15, 0.2) is 0 Å². The Morgan fingerprint density at radius 1 is 1.09 bits per heavy atom. The van der Waals surface area contributed by atoms with Crippen molar-refractivity contribution in [2.75, 3.05) is 4.90 Å². The predicted octanol–water partition coefficient (Wildman–Crippen LogP) is 4.90. The number of halogens is 5. The normalized spacial score (nSPS) is 18.7. The molecule has 0 bridgehead atoms. The molecular weight excluding hydrogens is 445 g/mol. The molecule has 0 saturated carbocycles. The van der Waals surface area contributed by atoms with E-state index >= 15 is 8.78 Å². The summed E-state index contributed by atoms with van der Waals surface area (Å²) in [5, 5.41) is 3.96. The zero-order chi connectivity index (χ0) is 23.5. The van der Waals surface area contributed by atoms with Crippen molar-refractivity contribution in [1.29, 1.82) is 0 Å². The second-order valence-corrected chi connectivity index (χ2v) is 7.94. The van der Waals surface area contributed by atoms with Crippen LogP contribution >= 0.6 is 0 Å². The molecule has 2 aromatic carbocycles. The quantitative estimate of drug-likeness (QED) is 0.347. The highest BCUT2D eigenvalue weighted by atomic mass is 19.4. The van der Waals surface area contributed by atoms with Gasteiger partial charge < -0.3 is 9.88 Å². The van der Waals surface area contributed by atoms with Gasteiger partial charge in [-0.05, 0) is 35.9 Å². The Morgan fingerprint density at radius 2 is 1.82 bits per heavy atom. The zero-order valence-corrected chi connectivity index (χ0v) is 17.1. The molecule has 2 aromatic heterocycles. The number of rotatable bonds is 4. The summed E-state index contributed by atoms with van der Waals surface area (Å²) in [6.07, 6.45) is -1.77. The highest BCUT2D eigenvalue weighted by molar-refractivity contribution is 6.04. The number of nitrogens with zero attached hydrogens (tertiary/aromatic N) is 4. The molecule has 1 aliphatic heterocycles. The Kier molecular flexibility index (Phi) is 4.73. The number of anilines is 1. The first kappa shape index (κ1) is 21.1. The van der Waals surface area contributed by atoms with E-state index in [-0.39, 0.29) is 11.3 Å². The second kappa shape index (κ2) is 7.39. The molecule has 0 aliphatic carbocycles. The molecule has 1 saturated heterocycles. The fourth-order valence-electron chi connectivity index (χ4n) is 4.29. The number of aryl methyl sites for hydroxylation is 1. The first-order valence-electron chi connectivity index (χ1n) is 9.93. The van der Waals surface area contributed by atoms with Crippen LogP contribution in [0.5, 0.6) is 0 Å². The van der Waals surface area contributed by atoms with Crippen molar-refractivity contribution in [3.8, 4) is 11.1 Å². The number of nitrogens with one attached hydrogen (secondary N) is 1. The minimum Gasteiger partial charge on any atom is -0.345 e. The van der Waals surface area contributed by atoms with Crippen molar-refractivity contribution in [3.05, 3.63) is 66.3 Å². The number of hydrogen-bond donors (Lipinski definition) is 1. The second-order valence-electron chi connectivity index (χ2n) is 7.94. The van der Waals surface area contributed by atoms with Gasteiger partial charge in [-0.1, -0.05) is 0 Å². The topological polar surface area (TPSA) is 66.8 Å². The van der Waals surface area contributed by atoms with Gasteiger partial charge in [-0.2, -0.15) is 18.3 Å². The number of β-lactam (4-membered cyclic amide) rings is 1. The van der Waals surface area contributed by atoms with Crippen LogP contribution in [0.3, 0.4) is 0 Å². The van der Waals surface area contributed by atoms with Gasteiger partial charge in [0.1, 0.15) is 11.6 Å². The molecule has 6 nitrogen and oxygen atoms in total. The van der Waals surface area contributed by atoms with Crippen molar-refractivity contribution in [2.24, 2.45) is 13.0 Å². The third-order valence-corrected chi connectivity index (χ3v) is 5.76.